The van der Waals surface area contributed by atoms with Crippen molar-refractivity contribution in [1.82, 2.24) is 9.97 Å². The van der Waals surface area contributed by atoms with Crippen LogP contribution in [0, 0.1) is 0 Å². The van der Waals surface area contributed by atoms with Crippen molar-refractivity contribution in [2.45, 2.75) is 18.8 Å². The van der Waals surface area contributed by atoms with E-state index in [0.717, 1.165) is 11.3 Å². The first kappa shape index (κ1) is 12.0. The summed E-state index contributed by atoms with van der Waals surface area (Å²) in [5, 5.41) is 5.47. The lowest BCUT2D eigenvalue weighted by Crippen LogP contribution is -2.07. The highest BCUT2D eigenvalue weighted by Crippen LogP contribution is 2.40. The summed E-state index contributed by atoms with van der Waals surface area (Å²) in [4.78, 5) is 20.1. The summed E-state index contributed by atoms with van der Waals surface area (Å²) in [7, 11) is 0. The number of nitrogens with one attached hydrogen (secondary N) is 1. The van der Waals surface area contributed by atoms with Crippen molar-refractivity contribution in [2.75, 3.05) is 5.32 Å². The SMILES string of the molecule is O=C(/C=C/c1cccnc1)Nc1nc(C2CC2)cs1. The summed E-state index contributed by atoms with van der Waals surface area (Å²) >= 11 is 1.48. The van der Waals surface area contributed by atoms with Gasteiger partial charge in [-0.2, -0.15) is 0 Å². The van der Waals surface area contributed by atoms with Crippen molar-refractivity contribution in [3.05, 3.63) is 47.2 Å². The monoisotopic (exact) mass is 271 g/mol. The van der Waals surface area contributed by atoms with Gasteiger partial charge in [-0.15, -0.1) is 11.3 Å². The number of aromatic nitrogens is 2. The number of anilines is 1. The minimum Gasteiger partial charge on any atom is -0.298 e. The topological polar surface area (TPSA) is 54.9 Å². The molecular weight excluding hydrogens is 258 g/mol. The number of rotatable bonds is 4. The van der Waals surface area contributed by atoms with Crippen molar-refractivity contribution in [3.63, 3.8) is 0 Å². The van der Waals surface area contributed by atoms with Crippen LogP contribution < -0.4 is 5.32 Å². The van der Waals surface area contributed by atoms with Crippen molar-refractivity contribution < 1.29 is 4.79 Å². The van der Waals surface area contributed by atoms with E-state index < -0.39 is 0 Å². The minimum absolute atomic E-state index is 0.166. The maximum absolute atomic E-state index is 11.7. The molecule has 0 saturated heterocycles. The van der Waals surface area contributed by atoms with Gasteiger partial charge in [0.25, 0.3) is 0 Å². The number of nitrogens with zero attached hydrogens (tertiary/aromatic N) is 2. The van der Waals surface area contributed by atoms with Gasteiger partial charge in [-0.25, -0.2) is 4.98 Å². The molecule has 0 aromatic carbocycles. The Labute approximate surface area is 115 Å². The van der Waals surface area contributed by atoms with Gasteiger partial charge in [0.15, 0.2) is 5.13 Å². The third kappa shape index (κ3) is 3.26. The molecule has 2 aromatic heterocycles. The largest absolute Gasteiger partial charge is 0.298 e. The number of carbonyl (C=O) groups excluding carboxylic acids is 1. The first-order valence-corrected chi connectivity index (χ1v) is 7.04. The Kier molecular flexibility index (Phi) is 3.37. The van der Waals surface area contributed by atoms with Gasteiger partial charge in [0.05, 0.1) is 5.69 Å². The van der Waals surface area contributed by atoms with Crippen LogP contribution in [0.5, 0.6) is 0 Å². The Morgan fingerprint density at radius 3 is 3.11 bits per heavy atom. The molecule has 3 rings (SSSR count). The standard InChI is InChI=1S/C14H13N3OS/c18-13(6-3-10-2-1-7-15-8-10)17-14-16-12(9-19-14)11-4-5-11/h1-3,6-9,11H,4-5H2,(H,16,17,18)/b6-3+. The summed E-state index contributed by atoms with van der Waals surface area (Å²) in [6.07, 6.45) is 9.08. The molecule has 0 bridgehead atoms. The second-order valence-electron chi connectivity index (χ2n) is 4.46. The number of thiazole rings is 1. The van der Waals surface area contributed by atoms with E-state index in [0.29, 0.717) is 11.0 Å². The summed E-state index contributed by atoms with van der Waals surface area (Å²) in [6, 6.07) is 3.73. The maximum atomic E-state index is 11.7. The molecule has 0 unspecified atom stereocenters. The Balaban J connectivity index is 1.59. The van der Waals surface area contributed by atoms with Crippen LogP contribution in [0.2, 0.25) is 0 Å². The molecule has 0 aliphatic heterocycles. The van der Waals surface area contributed by atoms with Crippen LogP contribution in [0.3, 0.4) is 0 Å². The van der Waals surface area contributed by atoms with E-state index in [1.807, 2.05) is 17.5 Å². The van der Waals surface area contributed by atoms with Crippen molar-refractivity contribution >= 4 is 28.5 Å². The zero-order chi connectivity index (χ0) is 13.1. The average molecular weight is 271 g/mol. The number of hydrogen-bond acceptors (Lipinski definition) is 4. The Bertz CT molecular complexity index is 602. The van der Waals surface area contributed by atoms with Gasteiger partial charge < -0.3 is 0 Å². The number of hydrogen-bond donors (Lipinski definition) is 1. The molecule has 1 amide bonds. The third-order valence-corrected chi connectivity index (χ3v) is 3.64. The summed E-state index contributed by atoms with van der Waals surface area (Å²) < 4.78 is 0. The van der Waals surface area contributed by atoms with Gasteiger partial charge in [-0.3, -0.25) is 15.1 Å². The first-order chi connectivity index (χ1) is 9.31. The molecule has 5 heteroatoms. The summed E-state index contributed by atoms with van der Waals surface area (Å²) in [5.41, 5.74) is 2.01. The molecule has 19 heavy (non-hydrogen) atoms. The van der Waals surface area contributed by atoms with E-state index in [1.165, 1.54) is 30.3 Å². The van der Waals surface area contributed by atoms with Crippen molar-refractivity contribution in [2.24, 2.45) is 0 Å². The second kappa shape index (κ2) is 5.32. The van der Waals surface area contributed by atoms with Crippen LogP contribution in [0.1, 0.15) is 30.0 Å². The van der Waals surface area contributed by atoms with E-state index in [4.69, 9.17) is 0 Å². The lowest BCUT2D eigenvalue weighted by molar-refractivity contribution is -0.111. The van der Waals surface area contributed by atoms with Gasteiger partial charge in [-0.1, -0.05) is 6.07 Å². The van der Waals surface area contributed by atoms with E-state index in [1.54, 1.807) is 18.5 Å². The summed E-state index contributed by atoms with van der Waals surface area (Å²) in [5.74, 6) is 0.452. The highest BCUT2D eigenvalue weighted by Gasteiger charge is 2.26. The molecule has 0 radical (unpaired) electrons. The van der Waals surface area contributed by atoms with Gasteiger partial charge in [0.1, 0.15) is 0 Å². The number of pyridine rings is 1. The third-order valence-electron chi connectivity index (χ3n) is 2.86. The molecule has 1 aliphatic carbocycles. The highest BCUT2D eigenvalue weighted by atomic mass is 32.1. The fraction of sp³-hybridized carbons (Fsp3) is 0.214. The van der Waals surface area contributed by atoms with Gasteiger partial charge >= 0.3 is 0 Å². The van der Waals surface area contributed by atoms with E-state index in [-0.39, 0.29) is 5.91 Å². The molecule has 96 valence electrons. The van der Waals surface area contributed by atoms with E-state index >= 15 is 0 Å². The fourth-order valence-electron chi connectivity index (χ4n) is 1.70. The van der Waals surface area contributed by atoms with Crippen LogP contribution in [0.25, 0.3) is 6.08 Å². The molecule has 0 atom stereocenters. The average Bonchev–Trinajstić information content (AvgIpc) is 3.19. The molecule has 1 saturated carbocycles. The Morgan fingerprint density at radius 2 is 2.37 bits per heavy atom. The molecule has 0 spiro atoms. The van der Waals surface area contributed by atoms with Crippen molar-refractivity contribution in [3.8, 4) is 0 Å². The van der Waals surface area contributed by atoms with E-state index in [2.05, 4.69) is 15.3 Å². The van der Waals surface area contributed by atoms with Crippen LogP contribution in [0.4, 0.5) is 5.13 Å². The van der Waals surface area contributed by atoms with Crippen LogP contribution in [0.15, 0.2) is 36.0 Å². The van der Waals surface area contributed by atoms with Crippen LogP contribution >= 0.6 is 11.3 Å². The van der Waals surface area contributed by atoms with E-state index in [9.17, 15) is 4.79 Å². The van der Waals surface area contributed by atoms with Crippen molar-refractivity contribution in [1.29, 1.82) is 0 Å². The molecule has 1 aliphatic rings. The van der Waals surface area contributed by atoms with Crippen LogP contribution in [-0.4, -0.2) is 15.9 Å². The smallest absolute Gasteiger partial charge is 0.250 e. The summed E-state index contributed by atoms with van der Waals surface area (Å²) in [6.45, 7) is 0. The van der Waals surface area contributed by atoms with Gasteiger partial charge in [0, 0.05) is 29.8 Å². The zero-order valence-corrected chi connectivity index (χ0v) is 11.1. The van der Waals surface area contributed by atoms with Gasteiger partial charge in [0.2, 0.25) is 5.91 Å². The molecule has 1 N–H and O–H groups in total. The first-order valence-electron chi connectivity index (χ1n) is 6.16. The highest BCUT2D eigenvalue weighted by molar-refractivity contribution is 7.14. The lowest BCUT2D eigenvalue weighted by atomic mass is 10.2. The molecule has 2 heterocycles. The normalized spacial score (nSPS) is 14.7. The quantitative estimate of drug-likeness (QED) is 0.869. The number of carbonyl (C=O) groups is 1. The second-order valence-corrected chi connectivity index (χ2v) is 5.32. The zero-order valence-electron chi connectivity index (χ0n) is 10.2. The fourth-order valence-corrected chi connectivity index (χ4v) is 2.50. The molecule has 2 aromatic rings. The minimum atomic E-state index is -0.166. The van der Waals surface area contributed by atoms with Crippen LogP contribution in [-0.2, 0) is 4.79 Å². The predicted octanol–water partition coefficient (Wildman–Crippen LogP) is 3.07. The number of amides is 1. The Hall–Kier alpha value is -2.01. The maximum Gasteiger partial charge on any atom is 0.250 e. The predicted molar refractivity (Wildman–Crippen MR) is 76.0 cm³/mol. The molecule has 1 fully saturated rings. The molecule has 4 nitrogen and oxygen atoms in total. The van der Waals surface area contributed by atoms with Gasteiger partial charge in [-0.05, 0) is 30.5 Å². The Morgan fingerprint density at radius 1 is 1.47 bits per heavy atom. The molecular formula is C14H13N3OS. The lowest BCUT2D eigenvalue weighted by Gasteiger charge is -1.96.